The molecule has 17 heavy (non-hydrogen) atoms. The third-order valence-corrected chi connectivity index (χ3v) is 8.01. The molecule has 2 atom stereocenters. The van der Waals surface area contributed by atoms with Crippen LogP contribution >= 0.6 is 0 Å². The molecule has 1 unspecified atom stereocenters. The Hall–Kier alpha value is -0.123. The first kappa shape index (κ1) is 16.9. The molecular formula is C14H30O2Si. The average Bonchev–Trinajstić information content (AvgIpc) is 2.12. The zero-order valence-electron chi connectivity index (χ0n) is 12.6. The van der Waals surface area contributed by atoms with Gasteiger partial charge in [-0.3, -0.25) is 0 Å². The summed E-state index contributed by atoms with van der Waals surface area (Å²) in [6.45, 7) is 15.2. The topological polar surface area (TPSA) is 29.5 Å². The summed E-state index contributed by atoms with van der Waals surface area (Å²) in [5.74, 6) is 0.512. The number of allylic oxidation sites excluding steroid dienone is 1. The van der Waals surface area contributed by atoms with Crippen LogP contribution in [0.3, 0.4) is 0 Å². The highest BCUT2D eigenvalue weighted by molar-refractivity contribution is 6.74. The predicted molar refractivity (Wildman–Crippen MR) is 77.5 cm³/mol. The minimum Gasteiger partial charge on any atom is -0.389 e. The number of aliphatic hydroxyl groups excluding tert-OH is 1. The smallest absolute Gasteiger partial charge is 0.195 e. The molecule has 0 rings (SSSR count). The third kappa shape index (κ3) is 6.39. The van der Waals surface area contributed by atoms with Crippen molar-refractivity contribution in [1.82, 2.24) is 0 Å². The van der Waals surface area contributed by atoms with Crippen LogP contribution in [0.2, 0.25) is 18.1 Å². The van der Waals surface area contributed by atoms with Crippen molar-refractivity contribution in [3.05, 3.63) is 12.2 Å². The molecule has 2 nitrogen and oxygen atoms in total. The molecule has 0 aliphatic rings. The maximum Gasteiger partial charge on any atom is 0.195 e. The van der Waals surface area contributed by atoms with E-state index in [2.05, 4.69) is 53.8 Å². The molecule has 0 aliphatic heterocycles. The second kappa shape index (κ2) is 6.71. The van der Waals surface area contributed by atoms with Gasteiger partial charge in [-0.05, 0) is 36.5 Å². The van der Waals surface area contributed by atoms with E-state index in [1.54, 1.807) is 6.08 Å². The largest absolute Gasteiger partial charge is 0.389 e. The molecule has 0 spiro atoms. The van der Waals surface area contributed by atoms with E-state index >= 15 is 0 Å². The Morgan fingerprint density at radius 3 is 2.18 bits per heavy atom. The van der Waals surface area contributed by atoms with Gasteiger partial charge < -0.3 is 9.53 Å². The highest BCUT2D eigenvalue weighted by atomic mass is 28.4. The lowest BCUT2D eigenvalue weighted by atomic mass is 10.1. The number of aliphatic hydroxyl groups is 1. The SMILES string of the molecule is CCCC(C)C=C[C@@H](O)O[Si](C)(C)C(C)(C)C. The normalized spacial score (nSPS) is 17.4. The fraction of sp³-hybridized carbons (Fsp3) is 0.857. The first-order valence-electron chi connectivity index (χ1n) is 6.64. The van der Waals surface area contributed by atoms with Crippen molar-refractivity contribution in [1.29, 1.82) is 0 Å². The maximum atomic E-state index is 9.89. The summed E-state index contributed by atoms with van der Waals surface area (Å²) in [6.07, 6.45) is 5.42. The summed E-state index contributed by atoms with van der Waals surface area (Å²) in [7, 11) is -1.86. The molecule has 0 saturated carbocycles. The summed E-state index contributed by atoms with van der Waals surface area (Å²) < 4.78 is 5.84. The summed E-state index contributed by atoms with van der Waals surface area (Å²) in [5.41, 5.74) is 0. The predicted octanol–water partition coefficient (Wildman–Crippen LogP) is 4.32. The van der Waals surface area contributed by atoms with Crippen molar-refractivity contribution in [3.63, 3.8) is 0 Å². The molecule has 0 aromatic carbocycles. The van der Waals surface area contributed by atoms with Crippen LogP contribution in [0.15, 0.2) is 12.2 Å². The first-order valence-corrected chi connectivity index (χ1v) is 9.55. The van der Waals surface area contributed by atoms with Gasteiger partial charge >= 0.3 is 0 Å². The summed E-state index contributed by atoms with van der Waals surface area (Å²) >= 11 is 0. The van der Waals surface area contributed by atoms with E-state index in [1.165, 1.54) is 6.42 Å². The number of rotatable bonds is 6. The Labute approximate surface area is 108 Å². The molecule has 0 saturated heterocycles. The molecule has 1 N–H and O–H groups in total. The van der Waals surface area contributed by atoms with Crippen molar-refractivity contribution in [3.8, 4) is 0 Å². The van der Waals surface area contributed by atoms with Crippen molar-refractivity contribution in [2.45, 2.75) is 71.9 Å². The van der Waals surface area contributed by atoms with E-state index < -0.39 is 14.6 Å². The van der Waals surface area contributed by atoms with Gasteiger partial charge in [-0.1, -0.05) is 47.1 Å². The van der Waals surface area contributed by atoms with Gasteiger partial charge in [-0.2, -0.15) is 0 Å². The molecule has 102 valence electrons. The van der Waals surface area contributed by atoms with Gasteiger partial charge in [0.25, 0.3) is 0 Å². The van der Waals surface area contributed by atoms with Gasteiger partial charge in [0.05, 0.1) is 0 Å². The second-order valence-electron chi connectivity index (χ2n) is 6.42. The van der Waals surface area contributed by atoms with Gasteiger partial charge in [0.2, 0.25) is 0 Å². The van der Waals surface area contributed by atoms with Crippen LogP contribution in [0.25, 0.3) is 0 Å². The van der Waals surface area contributed by atoms with Crippen LogP contribution in [0.5, 0.6) is 0 Å². The van der Waals surface area contributed by atoms with Gasteiger partial charge in [0.15, 0.2) is 14.6 Å². The Morgan fingerprint density at radius 2 is 1.76 bits per heavy atom. The van der Waals surface area contributed by atoms with Crippen LogP contribution in [0.1, 0.15) is 47.5 Å². The number of hydrogen-bond acceptors (Lipinski definition) is 2. The quantitative estimate of drug-likeness (QED) is 0.437. The minimum absolute atomic E-state index is 0.136. The highest BCUT2D eigenvalue weighted by Gasteiger charge is 2.38. The molecule has 0 amide bonds. The molecule has 3 heteroatoms. The highest BCUT2D eigenvalue weighted by Crippen LogP contribution is 2.37. The fourth-order valence-corrected chi connectivity index (χ4v) is 2.39. The number of hydrogen-bond donors (Lipinski definition) is 1. The van der Waals surface area contributed by atoms with Gasteiger partial charge in [0.1, 0.15) is 0 Å². The van der Waals surface area contributed by atoms with Gasteiger partial charge in [-0.25, -0.2) is 0 Å². The summed E-state index contributed by atoms with van der Waals surface area (Å²) in [4.78, 5) is 0. The molecular weight excluding hydrogens is 228 g/mol. The molecule has 0 aromatic rings. The first-order chi connectivity index (χ1) is 7.60. The standard InChI is InChI=1S/C14H30O2Si/c1-8-9-12(2)10-11-13(15)16-17(6,7)14(3,4)5/h10-13,15H,8-9H2,1-7H3/t12?,13-/m0/s1. The van der Waals surface area contributed by atoms with E-state index in [0.717, 1.165) is 6.42 Å². The molecule has 0 fully saturated rings. The van der Waals surface area contributed by atoms with E-state index in [1.807, 2.05) is 0 Å². The van der Waals surface area contributed by atoms with Crippen LogP contribution in [0.4, 0.5) is 0 Å². The van der Waals surface area contributed by atoms with E-state index in [9.17, 15) is 5.11 Å². The van der Waals surface area contributed by atoms with Gasteiger partial charge in [0, 0.05) is 0 Å². The second-order valence-corrected chi connectivity index (χ2v) is 11.2. The van der Waals surface area contributed by atoms with Crippen molar-refractivity contribution in [2.75, 3.05) is 0 Å². The average molecular weight is 258 g/mol. The zero-order valence-corrected chi connectivity index (χ0v) is 13.6. The van der Waals surface area contributed by atoms with Gasteiger partial charge in [-0.15, -0.1) is 0 Å². The van der Waals surface area contributed by atoms with Crippen LogP contribution in [-0.2, 0) is 4.43 Å². The van der Waals surface area contributed by atoms with E-state index in [-0.39, 0.29) is 5.04 Å². The zero-order chi connectivity index (χ0) is 13.7. The van der Waals surface area contributed by atoms with Crippen molar-refractivity contribution < 1.29 is 9.53 Å². The summed E-state index contributed by atoms with van der Waals surface area (Å²) in [5, 5.41) is 10.0. The fourth-order valence-electron chi connectivity index (χ4n) is 1.35. The molecule has 0 radical (unpaired) electrons. The Morgan fingerprint density at radius 1 is 1.24 bits per heavy atom. The van der Waals surface area contributed by atoms with E-state index in [4.69, 9.17) is 4.43 Å². The Kier molecular flexibility index (Phi) is 6.67. The lowest BCUT2D eigenvalue weighted by Gasteiger charge is -2.37. The maximum absolute atomic E-state index is 9.89. The minimum atomic E-state index is -1.86. The van der Waals surface area contributed by atoms with Crippen molar-refractivity contribution >= 4 is 8.32 Å². The molecule has 0 heterocycles. The van der Waals surface area contributed by atoms with Crippen LogP contribution in [-0.4, -0.2) is 19.7 Å². The molecule has 0 aliphatic carbocycles. The summed E-state index contributed by atoms with van der Waals surface area (Å²) in [6, 6.07) is 0. The molecule has 0 bridgehead atoms. The monoisotopic (exact) mass is 258 g/mol. The lowest BCUT2D eigenvalue weighted by molar-refractivity contribution is 0.0126. The third-order valence-electron chi connectivity index (χ3n) is 3.57. The Balaban J connectivity index is 4.31. The Bertz CT molecular complexity index is 241. The lowest BCUT2D eigenvalue weighted by Crippen LogP contribution is -2.43. The van der Waals surface area contributed by atoms with Crippen LogP contribution in [0, 0.1) is 5.92 Å². The van der Waals surface area contributed by atoms with Crippen LogP contribution < -0.4 is 0 Å². The molecule has 0 aromatic heterocycles. The van der Waals surface area contributed by atoms with E-state index in [0.29, 0.717) is 5.92 Å². The van der Waals surface area contributed by atoms with Crippen molar-refractivity contribution in [2.24, 2.45) is 5.92 Å².